The van der Waals surface area contributed by atoms with Crippen LogP contribution in [0.2, 0.25) is 0 Å². The van der Waals surface area contributed by atoms with Crippen molar-refractivity contribution in [3.05, 3.63) is 47.5 Å². The van der Waals surface area contributed by atoms with Gasteiger partial charge in [-0.3, -0.25) is 4.79 Å². The van der Waals surface area contributed by atoms with E-state index in [0.717, 1.165) is 22.6 Å². The van der Waals surface area contributed by atoms with Gasteiger partial charge in [0.15, 0.2) is 11.5 Å². The van der Waals surface area contributed by atoms with Crippen LogP contribution < -0.4 is 19.5 Å². The first-order chi connectivity index (χ1) is 11.7. The van der Waals surface area contributed by atoms with E-state index in [2.05, 4.69) is 5.32 Å². The molecule has 0 aliphatic carbocycles. The molecule has 0 fully saturated rings. The molecule has 0 spiro atoms. The smallest absolute Gasteiger partial charge is 0.256 e. The molecule has 3 rings (SSSR count). The average molecular weight is 325 g/mol. The van der Waals surface area contributed by atoms with Crippen molar-refractivity contribution in [1.82, 2.24) is 0 Å². The van der Waals surface area contributed by atoms with E-state index < -0.39 is 0 Å². The van der Waals surface area contributed by atoms with E-state index in [1.54, 1.807) is 20.3 Å². The molecule has 1 aliphatic heterocycles. The maximum absolute atomic E-state index is 12.3. The summed E-state index contributed by atoms with van der Waals surface area (Å²) >= 11 is 0. The predicted molar refractivity (Wildman–Crippen MR) is 93.7 cm³/mol. The number of carbonyl (C=O) groups is 1. The molecule has 1 N–H and O–H groups in total. The third kappa shape index (κ3) is 2.93. The van der Waals surface area contributed by atoms with Crippen LogP contribution in [-0.4, -0.2) is 26.7 Å². The molecule has 0 saturated heterocycles. The highest BCUT2D eigenvalue weighted by Gasteiger charge is 2.26. The van der Waals surface area contributed by atoms with Crippen molar-refractivity contribution in [1.29, 1.82) is 0 Å². The van der Waals surface area contributed by atoms with Crippen molar-refractivity contribution >= 4 is 23.2 Å². The van der Waals surface area contributed by atoms with Gasteiger partial charge < -0.3 is 19.5 Å². The number of methoxy groups -OCH3 is 2. The maximum Gasteiger partial charge on any atom is 0.256 e. The summed E-state index contributed by atoms with van der Waals surface area (Å²) in [4.78, 5) is 12.3. The molecule has 5 nitrogen and oxygen atoms in total. The lowest BCUT2D eigenvalue weighted by Gasteiger charge is -2.09. The molecule has 2 aromatic carbocycles. The third-order valence-electron chi connectivity index (χ3n) is 3.81. The number of ether oxygens (including phenoxy) is 3. The van der Waals surface area contributed by atoms with Gasteiger partial charge in [0.2, 0.25) is 0 Å². The second kappa shape index (κ2) is 6.66. The standard InChI is InChI=1S/C19H19NO4/c1-4-24-13-7-5-12(6-8-13)9-15-14-10-17(22-2)18(23-3)11-16(14)20-19(15)21/h5-11H,4H2,1-3H3,(H,20,21)/b15-9+. The molecule has 0 atom stereocenters. The number of amides is 1. The lowest BCUT2D eigenvalue weighted by molar-refractivity contribution is -0.110. The van der Waals surface area contributed by atoms with Crippen LogP contribution in [0, 0.1) is 0 Å². The van der Waals surface area contributed by atoms with Crippen LogP contribution in [0.3, 0.4) is 0 Å². The van der Waals surface area contributed by atoms with Crippen molar-refractivity contribution in [2.75, 3.05) is 26.1 Å². The lowest BCUT2D eigenvalue weighted by atomic mass is 10.0. The van der Waals surface area contributed by atoms with Crippen LogP contribution in [0.4, 0.5) is 5.69 Å². The van der Waals surface area contributed by atoms with Crippen LogP contribution >= 0.6 is 0 Å². The first-order valence-electron chi connectivity index (χ1n) is 7.68. The van der Waals surface area contributed by atoms with E-state index in [0.29, 0.717) is 23.7 Å². The summed E-state index contributed by atoms with van der Waals surface area (Å²) in [6.45, 7) is 2.56. The van der Waals surface area contributed by atoms with Gasteiger partial charge in [0.05, 0.1) is 26.5 Å². The normalized spacial score (nSPS) is 14.3. The Morgan fingerprint density at radius 3 is 2.33 bits per heavy atom. The Morgan fingerprint density at radius 1 is 1.04 bits per heavy atom. The van der Waals surface area contributed by atoms with E-state index in [4.69, 9.17) is 14.2 Å². The number of hydrogen-bond acceptors (Lipinski definition) is 4. The van der Waals surface area contributed by atoms with E-state index in [1.165, 1.54) is 0 Å². The monoisotopic (exact) mass is 325 g/mol. The molecule has 24 heavy (non-hydrogen) atoms. The van der Waals surface area contributed by atoms with Gasteiger partial charge in [0, 0.05) is 17.2 Å². The highest BCUT2D eigenvalue weighted by atomic mass is 16.5. The Hall–Kier alpha value is -2.95. The number of rotatable bonds is 5. The van der Waals surface area contributed by atoms with Crippen molar-refractivity contribution in [3.8, 4) is 17.2 Å². The van der Waals surface area contributed by atoms with Crippen LogP contribution in [0.5, 0.6) is 17.2 Å². The van der Waals surface area contributed by atoms with Gasteiger partial charge >= 0.3 is 0 Å². The number of benzene rings is 2. The van der Waals surface area contributed by atoms with Gasteiger partial charge in [-0.25, -0.2) is 0 Å². The maximum atomic E-state index is 12.3. The summed E-state index contributed by atoms with van der Waals surface area (Å²) in [5.74, 6) is 1.83. The Kier molecular flexibility index (Phi) is 4.42. The fourth-order valence-corrected chi connectivity index (χ4v) is 2.65. The quantitative estimate of drug-likeness (QED) is 0.854. The van der Waals surface area contributed by atoms with Gasteiger partial charge in [-0.05, 0) is 36.8 Å². The minimum atomic E-state index is -0.144. The summed E-state index contributed by atoms with van der Waals surface area (Å²) in [6.07, 6.45) is 1.85. The largest absolute Gasteiger partial charge is 0.494 e. The molecule has 124 valence electrons. The van der Waals surface area contributed by atoms with Crippen molar-refractivity contribution < 1.29 is 19.0 Å². The van der Waals surface area contributed by atoms with Gasteiger partial charge in [-0.2, -0.15) is 0 Å². The first kappa shape index (κ1) is 15.9. The molecule has 0 aromatic heterocycles. The molecule has 1 aliphatic rings. The Labute approximate surface area is 140 Å². The molecule has 0 saturated carbocycles. The third-order valence-corrected chi connectivity index (χ3v) is 3.81. The second-order valence-electron chi connectivity index (χ2n) is 5.27. The molecule has 0 bridgehead atoms. The summed E-state index contributed by atoms with van der Waals surface area (Å²) in [6, 6.07) is 11.2. The van der Waals surface area contributed by atoms with E-state index >= 15 is 0 Å². The summed E-state index contributed by atoms with van der Waals surface area (Å²) in [5.41, 5.74) is 3.03. The van der Waals surface area contributed by atoms with Gasteiger partial charge in [-0.15, -0.1) is 0 Å². The van der Waals surface area contributed by atoms with Crippen LogP contribution in [0.15, 0.2) is 36.4 Å². The number of fused-ring (bicyclic) bond motifs is 1. The van der Waals surface area contributed by atoms with E-state index in [9.17, 15) is 4.79 Å². The van der Waals surface area contributed by atoms with Crippen molar-refractivity contribution in [2.24, 2.45) is 0 Å². The molecule has 5 heteroatoms. The van der Waals surface area contributed by atoms with Gasteiger partial charge in [0.25, 0.3) is 5.91 Å². The predicted octanol–water partition coefficient (Wildman–Crippen LogP) is 3.60. The molecule has 1 amide bonds. The van der Waals surface area contributed by atoms with Gasteiger partial charge in [-0.1, -0.05) is 12.1 Å². The second-order valence-corrected chi connectivity index (χ2v) is 5.27. The van der Waals surface area contributed by atoms with Crippen molar-refractivity contribution in [3.63, 3.8) is 0 Å². The zero-order valence-electron chi connectivity index (χ0n) is 13.9. The highest BCUT2D eigenvalue weighted by Crippen LogP contribution is 2.41. The zero-order valence-corrected chi connectivity index (χ0v) is 13.9. The Balaban J connectivity index is 1.99. The first-order valence-corrected chi connectivity index (χ1v) is 7.68. The summed E-state index contributed by atoms with van der Waals surface area (Å²) < 4.78 is 16.0. The average Bonchev–Trinajstić information content (AvgIpc) is 2.90. The Morgan fingerprint density at radius 2 is 1.71 bits per heavy atom. The molecular weight excluding hydrogens is 306 g/mol. The molecular formula is C19H19NO4. The number of carbonyl (C=O) groups excluding carboxylic acids is 1. The van der Waals surface area contributed by atoms with E-state index in [1.807, 2.05) is 43.3 Å². The zero-order chi connectivity index (χ0) is 17.1. The fourth-order valence-electron chi connectivity index (χ4n) is 2.65. The van der Waals surface area contributed by atoms with Crippen LogP contribution in [0.25, 0.3) is 11.6 Å². The van der Waals surface area contributed by atoms with Crippen molar-refractivity contribution in [2.45, 2.75) is 6.92 Å². The van der Waals surface area contributed by atoms with Crippen LogP contribution in [0.1, 0.15) is 18.1 Å². The van der Waals surface area contributed by atoms with Crippen LogP contribution in [-0.2, 0) is 4.79 Å². The summed E-state index contributed by atoms with van der Waals surface area (Å²) in [5, 5.41) is 2.86. The highest BCUT2D eigenvalue weighted by molar-refractivity contribution is 6.35. The number of nitrogens with one attached hydrogen (secondary N) is 1. The molecule has 0 radical (unpaired) electrons. The topological polar surface area (TPSA) is 56.8 Å². The minimum Gasteiger partial charge on any atom is -0.494 e. The Bertz CT molecular complexity index is 794. The number of anilines is 1. The lowest BCUT2D eigenvalue weighted by Crippen LogP contribution is -2.03. The minimum absolute atomic E-state index is 0.144. The molecule has 0 unspecified atom stereocenters. The fraction of sp³-hybridized carbons (Fsp3) is 0.211. The molecule has 1 heterocycles. The van der Waals surface area contributed by atoms with Gasteiger partial charge in [0.1, 0.15) is 5.75 Å². The summed E-state index contributed by atoms with van der Waals surface area (Å²) in [7, 11) is 3.14. The number of hydrogen-bond donors (Lipinski definition) is 1. The van der Waals surface area contributed by atoms with E-state index in [-0.39, 0.29) is 5.91 Å². The molecule has 2 aromatic rings. The SMILES string of the molecule is CCOc1ccc(/C=C2/C(=O)Nc3cc(OC)c(OC)cc32)cc1.